The number of benzene rings is 1. The maximum atomic E-state index is 4.27. The van der Waals surface area contributed by atoms with Crippen molar-refractivity contribution in [2.24, 2.45) is 0 Å². The molecule has 3 aliphatic rings. The molecule has 5 nitrogen and oxygen atoms in total. The Balaban J connectivity index is 1.73. The van der Waals surface area contributed by atoms with E-state index in [-0.39, 0.29) is 11.3 Å². The Bertz CT molecular complexity index is 1010. The van der Waals surface area contributed by atoms with E-state index in [9.17, 15) is 0 Å². The molecule has 6 heteroatoms. The molecule has 2 N–H and O–H groups in total. The predicted molar refractivity (Wildman–Crippen MR) is 93.5 cm³/mol. The van der Waals surface area contributed by atoms with Crippen LogP contribution in [0.15, 0.2) is 60.4 Å². The van der Waals surface area contributed by atoms with Crippen molar-refractivity contribution in [3.8, 4) is 0 Å². The molecule has 1 aromatic carbocycles. The number of H-pyrrole nitrogens is 2. The number of nitrogens with zero attached hydrogens (tertiary/aromatic N) is 3. The van der Waals surface area contributed by atoms with Crippen LogP contribution in [0, 0.1) is 0 Å². The second-order valence-corrected chi connectivity index (χ2v) is 7.77. The van der Waals surface area contributed by atoms with Gasteiger partial charge in [0.05, 0.1) is 16.7 Å². The molecule has 0 fully saturated rings. The van der Waals surface area contributed by atoms with Crippen LogP contribution in [0.1, 0.15) is 45.9 Å². The van der Waals surface area contributed by atoms with Gasteiger partial charge in [-0.25, -0.2) is 0 Å². The number of rotatable bonds is 2. The highest BCUT2D eigenvalue weighted by Gasteiger charge is 2.61. The topological polar surface area (TPSA) is 61.2 Å². The third kappa shape index (κ3) is 1.55. The molecule has 5 heterocycles. The molecule has 2 bridgehead atoms. The van der Waals surface area contributed by atoms with Gasteiger partial charge in [-0.1, -0.05) is 35.6 Å². The first-order valence-electron chi connectivity index (χ1n) is 8.46. The number of fused-ring (bicyclic) bond motifs is 1. The van der Waals surface area contributed by atoms with E-state index < -0.39 is 0 Å². The molecule has 0 saturated carbocycles. The summed E-state index contributed by atoms with van der Waals surface area (Å²) < 4.78 is 2.46. The first-order chi connectivity index (χ1) is 12.4. The minimum Gasteiger partial charge on any atom is -0.282 e. The quantitative estimate of drug-likeness (QED) is 0.548. The lowest BCUT2D eigenvalue weighted by atomic mass is 9.57. The van der Waals surface area contributed by atoms with Crippen LogP contribution in [-0.2, 0) is 5.41 Å². The standard InChI is InChI=1S/C19H16N5S/c1-2-4-13-12(3-1)14-11-19(15-5-7-20-22-15,16-6-8-21-23-16)17(13)18-24(14)9-10-25-18/h1-10,14,17H,11H2,(H,20,22)(H,21,23)/q+1. The normalized spacial score (nSPS) is 22.6. The molecule has 0 amide bonds. The van der Waals surface area contributed by atoms with Gasteiger partial charge in [-0.05, 0) is 17.7 Å². The van der Waals surface area contributed by atoms with Gasteiger partial charge in [0.2, 0.25) is 5.01 Å². The van der Waals surface area contributed by atoms with Crippen LogP contribution in [0.5, 0.6) is 0 Å². The molecule has 0 saturated heterocycles. The summed E-state index contributed by atoms with van der Waals surface area (Å²) >= 11 is 1.84. The number of nitrogens with one attached hydrogen (secondary N) is 2. The highest BCUT2D eigenvalue weighted by atomic mass is 32.1. The first kappa shape index (κ1) is 13.5. The summed E-state index contributed by atoms with van der Waals surface area (Å²) in [4.78, 5) is 0. The zero-order valence-corrected chi connectivity index (χ0v) is 14.2. The number of hydrogen-bond acceptors (Lipinski definition) is 3. The third-order valence-electron chi connectivity index (χ3n) is 5.88. The van der Waals surface area contributed by atoms with E-state index >= 15 is 0 Å². The van der Waals surface area contributed by atoms with Crippen LogP contribution in [0.3, 0.4) is 0 Å². The van der Waals surface area contributed by atoms with Crippen molar-refractivity contribution in [1.29, 1.82) is 0 Å². The van der Waals surface area contributed by atoms with E-state index in [2.05, 4.69) is 72.9 Å². The van der Waals surface area contributed by atoms with Crippen molar-refractivity contribution in [2.45, 2.75) is 23.8 Å². The van der Waals surface area contributed by atoms with Gasteiger partial charge in [0.25, 0.3) is 0 Å². The SMILES string of the molecule is c1ccc2c(c1)C1CC(c3ccn[nH]3)(c3ccn[nH]3)C2c2scc[n+]21. The molecule has 1 aliphatic carbocycles. The van der Waals surface area contributed by atoms with Crippen molar-refractivity contribution in [1.82, 2.24) is 20.4 Å². The lowest BCUT2D eigenvalue weighted by Gasteiger charge is -2.46. The summed E-state index contributed by atoms with van der Waals surface area (Å²) in [6.07, 6.45) is 6.93. The molecule has 2 aliphatic heterocycles. The number of aromatic amines is 2. The van der Waals surface area contributed by atoms with E-state index in [4.69, 9.17) is 0 Å². The summed E-state index contributed by atoms with van der Waals surface area (Å²) in [6.45, 7) is 0. The van der Waals surface area contributed by atoms with Gasteiger partial charge in [-0.2, -0.15) is 14.8 Å². The highest BCUT2D eigenvalue weighted by molar-refractivity contribution is 7.09. The summed E-state index contributed by atoms with van der Waals surface area (Å²) in [5.74, 6) is 0.245. The van der Waals surface area contributed by atoms with Gasteiger partial charge < -0.3 is 0 Å². The van der Waals surface area contributed by atoms with E-state index in [1.807, 2.05) is 23.7 Å². The zero-order chi connectivity index (χ0) is 16.4. The lowest BCUT2D eigenvalue weighted by molar-refractivity contribution is -0.727. The van der Waals surface area contributed by atoms with Crippen molar-refractivity contribution in [3.63, 3.8) is 0 Å². The van der Waals surface area contributed by atoms with Gasteiger partial charge in [-0.3, -0.25) is 10.2 Å². The minimum atomic E-state index is -0.198. The Hall–Kier alpha value is -2.73. The highest BCUT2D eigenvalue weighted by Crippen LogP contribution is 2.59. The number of aromatic nitrogens is 5. The second kappa shape index (κ2) is 4.67. The maximum absolute atomic E-state index is 4.27. The molecule has 0 spiro atoms. The van der Waals surface area contributed by atoms with E-state index in [0.717, 1.165) is 17.8 Å². The van der Waals surface area contributed by atoms with Crippen molar-refractivity contribution >= 4 is 11.3 Å². The summed E-state index contributed by atoms with van der Waals surface area (Å²) in [6, 6.07) is 13.4. The monoisotopic (exact) mass is 346 g/mol. The average molecular weight is 346 g/mol. The van der Waals surface area contributed by atoms with Crippen LogP contribution in [0.25, 0.3) is 0 Å². The molecule has 4 aromatic rings. The van der Waals surface area contributed by atoms with E-state index in [0.29, 0.717) is 6.04 Å². The Morgan fingerprint density at radius 3 is 2.40 bits per heavy atom. The van der Waals surface area contributed by atoms with E-state index in [1.54, 1.807) is 0 Å². The first-order valence-corrected chi connectivity index (χ1v) is 9.34. The summed E-state index contributed by atoms with van der Waals surface area (Å²) in [5, 5.41) is 18.7. The Kier molecular flexibility index (Phi) is 2.53. The van der Waals surface area contributed by atoms with Gasteiger partial charge in [0, 0.05) is 35.8 Å². The fourth-order valence-corrected chi connectivity index (χ4v) is 6.03. The predicted octanol–water partition coefficient (Wildman–Crippen LogP) is 2.91. The molecule has 2 atom stereocenters. The van der Waals surface area contributed by atoms with Gasteiger partial charge >= 0.3 is 0 Å². The largest absolute Gasteiger partial charge is 0.282 e. The van der Waals surface area contributed by atoms with Crippen molar-refractivity contribution in [3.05, 3.63) is 87.9 Å². The Labute approximate surface area is 148 Å². The molecule has 0 radical (unpaired) electrons. The smallest absolute Gasteiger partial charge is 0.246 e. The zero-order valence-electron chi connectivity index (χ0n) is 13.4. The minimum absolute atomic E-state index is 0.198. The van der Waals surface area contributed by atoms with E-state index in [1.165, 1.54) is 16.1 Å². The van der Waals surface area contributed by atoms with Crippen LogP contribution in [-0.4, -0.2) is 20.4 Å². The van der Waals surface area contributed by atoms with Gasteiger partial charge in [-0.15, -0.1) is 0 Å². The molecule has 7 rings (SSSR count). The summed E-state index contributed by atoms with van der Waals surface area (Å²) in [7, 11) is 0. The van der Waals surface area contributed by atoms with Crippen LogP contribution in [0.2, 0.25) is 0 Å². The van der Waals surface area contributed by atoms with Crippen LogP contribution >= 0.6 is 11.3 Å². The van der Waals surface area contributed by atoms with Gasteiger partial charge in [0.15, 0.2) is 12.2 Å². The fourth-order valence-electron chi connectivity index (χ4n) is 4.93. The van der Waals surface area contributed by atoms with Crippen LogP contribution < -0.4 is 4.57 Å². The second-order valence-electron chi connectivity index (χ2n) is 6.84. The average Bonchev–Trinajstić information content (AvgIpc) is 3.44. The molecule has 25 heavy (non-hydrogen) atoms. The fraction of sp³-hybridized carbons (Fsp3) is 0.211. The van der Waals surface area contributed by atoms with Crippen molar-refractivity contribution in [2.75, 3.05) is 0 Å². The maximum Gasteiger partial charge on any atom is 0.246 e. The Morgan fingerprint density at radius 2 is 1.72 bits per heavy atom. The van der Waals surface area contributed by atoms with Gasteiger partial charge in [0.1, 0.15) is 0 Å². The number of hydrogen-bond donors (Lipinski definition) is 2. The molecule has 3 aromatic heterocycles. The Morgan fingerprint density at radius 1 is 1.00 bits per heavy atom. The molecule has 122 valence electrons. The lowest BCUT2D eigenvalue weighted by Crippen LogP contribution is -2.59. The van der Waals surface area contributed by atoms with Crippen LogP contribution in [0.4, 0.5) is 0 Å². The number of thiazole rings is 1. The molecular formula is C19H16N5S+. The molecule has 2 unspecified atom stereocenters. The molecular weight excluding hydrogens is 330 g/mol. The third-order valence-corrected chi connectivity index (χ3v) is 6.83. The van der Waals surface area contributed by atoms with Crippen molar-refractivity contribution < 1.29 is 4.57 Å². The summed E-state index contributed by atoms with van der Waals surface area (Å²) in [5.41, 5.74) is 4.97.